The molecule has 2 aromatic rings. The van der Waals surface area contributed by atoms with E-state index < -0.39 is 0 Å². The van der Waals surface area contributed by atoms with Crippen LogP contribution >= 0.6 is 0 Å². The Morgan fingerprint density at radius 1 is 1.37 bits per heavy atom. The molecule has 0 unspecified atom stereocenters. The van der Waals surface area contributed by atoms with E-state index in [-0.39, 0.29) is 10.6 Å². The van der Waals surface area contributed by atoms with Gasteiger partial charge in [0, 0.05) is 42.8 Å². The van der Waals surface area contributed by atoms with Gasteiger partial charge in [0.2, 0.25) is 0 Å². The van der Waals surface area contributed by atoms with Gasteiger partial charge in [-0.1, -0.05) is 0 Å². The van der Waals surface area contributed by atoms with Crippen molar-refractivity contribution in [3.63, 3.8) is 0 Å². The van der Waals surface area contributed by atoms with E-state index in [1.165, 1.54) is 11.6 Å². The molecule has 0 fully saturated rings. The molecule has 0 spiro atoms. The number of aryl methyl sites for hydroxylation is 2. The van der Waals surface area contributed by atoms with Gasteiger partial charge in [0.05, 0.1) is 4.92 Å². The van der Waals surface area contributed by atoms with Crippen LogP contribution in [-0.2, 0) is 13.1 Å². The zero-order valence-electron chi connectivity index (χ0n) is 11.1. The quantitative estimate of drug-likeness (QED) is 0.661. The Morgan fingerprint density at radius 3 is 2.74 bits per heavy atom. The fourth-order valence-corrected chi connectivity index (χ4v) is 1.97. The van der Waals surface area contributed by atoms with E-state index in [0.717, 1.165) is 12.2 Å². The number of rotatable bonds is 5. The van der Waals surface area contributed by atoms with Gasteiger partial charge >= 0.3 is 0 Å². The minimum absolute atomic E-state index is 0.155. The van der Waals surface area contributed by atoms with Crippen molar-refractivity contribution < 1.29 is 4.92 Å². The average molecular weight is 259 g/mol. The third-order valence-electron chi connectivity index (χ3n) is 3.07. The van der Waals surface area contributed by atoms with E-state index in [1.807, 2.05) is 6.20 Å². The molecule has 0 bridgehead atoms. The van der Waals surface area contributed by atoms with Crippen molar-refractivity contribution in [1.82, 2.24) is 4.57 Å². The summed E-state index contributed by atoms with van der Waals surface area (Å²) in [5.41, 5.74) is 2.91. The van der Waals surface area contributed by atoms with Crippen molar-refractivity contribution >= 4 is 11.4 Å². The predicted octanol–water partition coefficient (Wildman–Crippen LogP) is 3.34. The monoisotopic (exact) mass is 259 g/mol. The zero-order valence-corrected chi connectivity index (χ0v) is 11.1. The number of benzene rings is 1. The number of anilines is 1. The number of nitrogens with zero attached hydrogens (tertiary/aromatic N) is 2. The normalized spacial score (nSPS) is 10.4. The Labute approximate surface area is 112 Å². The van der Waals surface area contributed by atoms with Crippen molar-refractivity contribution in [2.45, 2.75) is 26.9 Å². The van der Waals surface area contributed by atoms with E-state index in [2.05, 4.69) is 29.1 Å². The number of nitrogens with one attached hydrogen (secondary N) is 1. The van der Waals surface area contributed by atoms with Crippen LogP contribution < -0.4 is 5.32 Å². The van der Waals surface area contributed by atoms with E-state index in [0.29, 0.717) is 12.1 Å². The summed E-state index contributed by atoms with van der Waals surface area (Å²) in [5, 5.41) is 14.0. The first kappa shape index (κ1) is 13.1. The minimum atomic E-state index is -0.361. The summed E-state index contributed by atoms with van der Waals surface area (Å²) in [5.74, 6) is 0. The van der Waals surface area contributed by atoms with Crippen molar-refractivity contribution in [2.75, 3.05) is 5.32 Å². The molecular formula is C14H17N3O2. The van der Waals surface area contributed by atoms with Crippen LogP contribution in [0.15, 0.2) is 36.7 Å². The molecule has 0 radical (unpaired) electrons. The van der Waals surface area contributed by atoms with E-state index in [9.17, 15) is 10.1 Å². The largest absolute Gasteiger partial charge is 0.381 e. The van der Waals surface area contributed by atoms with Gasteiger partial charge in [-0.15, -0.1) is 0 Å². The van der Waals surface area contributed by atoms with Crippen LogP contribution in [0.4, 0.5) is 11.4 Å². The van der Waals surface area contributed by atoms with Crippen LogP contribution in [0.1, 0.15) is 18.1 Å². The maximum absolute atomic E-state index is 10.7. The summed E-state index contributed by atoms with van der Waals surface area (Å²) in [7, 11) is 0. The lowest BCUT2D eigenvalue weighted by Crippen LogP contribution is -2.00. The second kappa shape index (κ2) is 5.56. The van der Waals surface area contributed by atoms with Crippen LogP contribution in [0.2, 0.25) is 0 Å². The zero-order chi connectivity index (χ0) is 13.8. The first-order chi connectivity index (χ1) is 9.10. The standard InChI is InChI=1S/C14H17N3O2/c1-3-16-7-6-12(10-16)9-15-13-4-5-14(17(18)19)11(2)8-13/h4-8,10,15H,3,9H2,1-2H3. The highest BCUT2D eigenvalue weighted by Crippen LogP contribution is 2.21. The van der Waals surface area contributed by atoms with Crippen molar-refractivity contribution in [2.24, 2.45) is 0 Å². The molecule has 5 nitrogen and oxygen atoms in total. The third-order valence-corrected chi connectivity index (χ3v) is 3.07. The molecule has 0 aliphatic rings. The second-order valence-corrected chi connectivity index (χ2v) is 4.46. The molecule has 2 rings (SSSR count). The topological polar surface area (TPSA) is 60.1 Å². The number of hydrogen-bond donors (Lipinski definition) is 1. The average Bonchev–Trinajstić information content (AvgIpc) is 2.84. The molecule has 19 heavy (non-hydrogen) atoms. The molecule has 1 aromatic heterocycles. The fourth-order valence-electron chi connectivity index (χ4n) is 1.97. The van der Waals surface area contributed by atoms with E-state index >= 15 is 0 Å². The first-order valence-electron chi connectivity index (χ1n) is 6.23. The highest BCUT2D eigenvalue weighted by molar-refractivity contribution is 5.53. The molecule has 1 N–H and O–H groups in total. The fraction of sp³-hybridized carbons (Fsp3) is 0.286. The summed E-state index contributed by atoms with van der Waals surface area (Å²) in [6.07, 6.45) is 4.13. The number of nitro benzene ring substituents is 1. The molecule has 0 amide bonds. The Bertz CT molecular complexity index is 590. The molecule has 1 heterocycles. The van der Waals surface area contributed by atoms with Gasteiger partial charge in [-0.25, -0.2) is 0 Å². The lowest BCUT2D eigenvalue weighted by atomic mass is 10.2. The molecular weight excluding hydrogens is 242 g/mol. The molecule has 5 heteroatoms. The van der Waals surface area contributed by atoms with Gasteiger partial charge in [-0.05, 0) is 37.6 Å². The number of hydrogen-bond acceptors (Lipinski definition) is 3. The van der Waals surface area contributed by atoms with Crippen molar-refractivity contribution in [3.8, 4) is 0 Å². The van der Waals surface area contributed by atoms with Gasteiger partial charge in [0.1, 0.15) is 0 Å². The molecule has 100 valence electrons. The Morgan fingerprint density at radius 2 is 2.16 bits per heavy atom. The van der Waals surface area contributed by atoms with Crippen LogP contribution in [0.25, 0.3) is 0 Å². The Kier molecular flexibility index (Phi) is 3.85. The van der Waals surface area contributed by atoms with E-state index in [4.69, 9.17) is 0 Å². The van der Waals surface area contributed by atoms with Crippen molar-refractivity contribution in [3.05, 3.63) is 57.9 Å². The van der Waals surface area contributed by atoms with Gasteiger partial charge < -0.3 is 9.88 Å². The van der Waals surface area contributed by atoms with Gasteiger partial charge in [0.25, 0.3) is 5.69 Å². The van der Waals surface area contributed by atoms with E-state index in [1.54, 1.807) is 19.1 Å². The highest BCUT2D eigenvalue weighted by atomic mass is 16.6. The Hall–Kier alpha value is -2.30. The summed E-state index contributed by atoms with van der Waals surface area (Å²) in [4.78, 5) is 10.4. The van der Waals surface area contributed by atoms with Crippen LogP contribution in [0.3, 0.4) is 0 Å². The van der Waals surface area contributed by atoms with Gasteiger partial charge in [0.15, 0.2) is 0 Å². The molecule has 1 aromatic carbocycles. The summed E-state index contributed by atoms with van der Waals surface area (Å²) in [6, 6.07) is 7.14. The maximum Gasteiger partial charge on any atom is 0.272 e. The molecule has 0 aliphatic carbocycles. The predicted molar refractivity (Wildman–Crippen MR) is 75.3 cm³/mol. The lowest BCUT2D eigenvalue weighted by Gasteiger charge is -2.06. The van der Waals surface area contributed by atoms with Crippen molar-refractivity contribution in [1.29, 1.82) is 0 Å². The summed E-state index contributed by atoms with van der Waals surface area (Å²) in [6.45, 7) is 5.51. The molecule has 0 saturated carbocycles. The first-order valence-corrected chi connectivity index (χ1v) is 6.23. The molecule has 0 saturated heterocycles. The maximum atomic E-state index is 10.7. The van der Waals surface area contributed by atoms with Crippen LogP contribution in [0, 0.1) is 17.0 Å². The van der Waals surface area contributed by atoms with Gasteiger partial charge in [-0.3, -0.25) is 10.1 Å². The summed E-state index contributed by atoms with van der Waals surface area (Å²) < 4.78 is 2.11. The highest BCUT2D eigenvalue weighted by Gasteiger charge is 2.09. The minimum Gasteiger partial charge on any atom is -0.381 e. The lowest BCUT2D eigenvalue weighted by molar-refractivity contribution is -0.385. The van der Waals surface area contributed by atoms with Crippen LogP contribution in [-0.4, -0.2) is 9.49 Å². The summed E-state index contributed by atoms with van der Waals surface area (Å²) >= 11 is 0. The number of nitro groups is 1. The van der Waals surface area contributed by atoms with Crippen LogP contribution in [0.5, 0.6) is 0 Å². The van der Waals surface area contributed by atoms with Gasteiger partial charge in [-0.2, -0.15) is 0 Å². The third kappa shape index (κ3) is 3.13. The smallest absolute Gasteiger partial charge is 0.272 e. The molecule has 0 aliphatic heterocycles. The second-order valence-electron chi connectivity index (χ2n) is 4.46. The Balaban J connectivity index is 2.03. The number of aromatic nitrogens is 1. The molecule has 0 atom stereocenters. The SMILES string of the molecule is CCn1ccc(CNc2ccc([N+](=O)[O-])c(C)c2)c1.